The smallest absolute Gasteiger partial charge is 0.312 e. The molecule has 0 saturated heterocycles. The van der Waals surface area contributed by atoms with Crippen LogP contribution in [-0.2, 0) is 4.79 Å². The third-order valence-corrected chi connectivity index (χ3v) is 2.62. The zero-order valence-corrected chi connectivity index (χ0v) is 9.44. The number of hydrogen-bond acceptors (Lipinski definition) is 5. The molecule has 8 nitrogen and oxygen atoms in total. The van der Waals surface area contributed by atoms with Crippen molar-refractivity contribution in [1.29, 1.82) is 0 Å². The molecule has 0 aliphatic carbocycles. The molecule has 1 aromatic rings. The number of hydrogen-bond donors (Lipinski definition) is 1. The quantitative estimate of drug-likeness (QED) is 0.588. The van der Waals surface area contributed by atoms with Crippen LogP contribution in [-0.4, -0.2) is 22.6 Å². The number of anilines is 1. The second-order valence-electron chi connectivity index (χ2n) is 3.78. The van der Waals surface area contributed by atoms with E-state index in [-0.39, 0.29) is 5.69 Å². The molecule has 2 N–H and O–H groups in total. The van der Waals surface area contributed by atoms with Crippen molar-refractivity contribution in [3.8, 4) is 0 Å². The molecule has 1 aliphatic heterocycles. The Balaban J connectivity index is 2.28. The molecule has 1 aliphatic rings. The third-order valence-electron chi connectivity index (χ3n) is 2.62. The largest absolute Gasteiger partial charge is 0.635 e. The molecule has 0 saturated carbocycles. The number of nitro benzene ring substituents is 1. The van der Waals surface area contributed by atoms with Gasteiger partial charge in [-0.2, -0.15) is 10.1 Å². The zero-order valence-electron chi connectivity index (χ0n) is 9.44. The summed E-state index contributed by atoms with van der Waals surface area (Å²) in [6.45, 7) is 1.59. The Hall–Kier alpha value is -2.32. The Kier molecular flexibility index (Phi) is 3.04. The van der Waals surface area contributed by atoms with E-state index in [0.717, 1.165) is 5.01 Å². The van der Waals surface area contributed by atoms with Gasteiger partial charge in [0.2, 0.25) is 6.04 Å². The van der Waals surface area contributed by atoms with E-state index in [1.807, 2.05) is 0 Å². The SMILES string of the molecule is CC1=NN(c2ccc([N+](=O)[O-])cc2)C(=O)C1[NH2+][O-]. The molecule has 0 spiro atoms. The van der Waals surface area contributed by atoms with Crippen molar-refractivity contribution in [1.82, 2.24) is 0 Å². The first-order chi connectivity index (χ1) is 8.54. The number of carbonyl (C=O) groups excluding carboxylic acids is 1. The third kappa shape index (κ3) is 1.94. The van der Waals surface area contributed by atoms with Crippen LogP contribution in [0.5, 0.6) is 0 Å². The molecule has 94 valence electrons. The average Bonchev–Trinajstić information content (AvgIpc) is 2.64. The van der Waals surface area contributed by atoms with Gasteiger partial charge in [-0.25, -0.2) is 0 Å². The zero-order chi connectivity index (χ0) is 13.3. The lowest BCUT2D eigenvalue weighted by Gasteiger charge is -2.13. The van der Waals surface area contributed by atoms with Gasteiger partial charge in [0.05, 0.1) is 10.6 Å². The highest BCUT2D eigenvalue weighted by Gasteiger charge is 2.35. The van der Waals surface area contributed by atoms with E-state index in [2.05, 4.69) is 5.10 Å². The first-order valence-electron chi connectivity index (χ1n) is 5.13. The summed E-state index contributed by atoms with van der Waals surface area (Å²) in [6.07, 6.45) is 0. The maximum atomic E-state index is 11.8. The Morgan fingerprint density at radius 1 is 1.39 bits per heavy atom. The van der Waals surface area contributed by atoms with Crippen molar-refractivity contribution in [2.45, 2.75) is 13.0 Å². The van der Waals surface area contributed by atoms with Crippen molar-refractivity contribution >= 4 is 23.0 Å². The molecule has 18 heavy (non-hydrogen) atoms. The summed E-state index contributed by atoms with van der Waals surface area (Å²) in [5.41, 5.74) is 1.27. The van der Waals surface area contributed by atoms with Crippen LogP contribution in [0.3, 0.4) is 0 Å². The minimum atomic E-state index is -0.861. The van der Waals surface area contributed by atoms with Crippen LogP contribution < -0.4 is 10.5 Å². The van der Waals surface area contributed by atoms with Crippen LogP contribution in [0.15, 0.2) is 29.4 Å². The van der Waals surface area contributed by atoms with E-state index >= 15 is 0 Å². The number of nitro groups is 1. The monoisotopic (exact) mass is 250 g/mol. The molecule has 8 heteroatoms. The van der Waals surface area contributed by atoms with Crippen molar-refractivity contribution in [3.63, 3.8) is 0 Å². The van der Waals surface area contributed by atoms with Crippen LogP contribution in [0, 0.1) is 15.3 Å². The van der Waals surface area contributed by atoms with Gasteiger partial charge in [-0.05, 0) is 19.1 Å². The fraction of sp³-hybridized carbons (Fsp3) is 0.200. The van der Waals surface area contributed by atoms with Crippen molar-refractivity contribution in [2.24, 2.45) is 5.10 Å². The van der Waals surface area contributed by atoms with Gasteiger partial charge in [-0.1, -0.05) is 0 Å². The van der Waals surface area contributed by atoms with E-state index in [1.54, 1.807) is 6.92 Å². The highest BCUT2D eigenvalue weighted by molar-refractivity contribution is 6.16. The molecule has 0 bridgehead atoms. The lowest BCUT2D eigenvalue weighted by molar-refractivity contribution is -0.596. The lowest BCUT2D eigenvalue weighted by atomic mass is 10.2. The Labute approximate surface area is 102 Å². The molecule has 1 heterocycles. The molecule has 0 aromatic heterocycles. The summed E-state index contributed by atoms with van der Waals surface area (Å²) in [6, 6.07) is 4.53. The van der Waals surface area contributed by atoms with Crippen LogP contribution in [0.1, 0.15) is 6.92 Å². The number of nitrogens with zero attached hydrogens (tertiary/aromatic N) is 3. The predicted octanol–water partition coefficient (Wildman–Crippen LogP) is -0.253. The molecule has 0 fully saturated rings. The summed E-state index contributed by atoms with van der Waals surface area (Å²) in [4.78, 5) is 21.8. The van der Waals surface area contributed by atoms with Gasteiger partial charge in [0.15, 0.2) is 0 Å². The van der Waals surface area contributed by atoms with E-state index < -0.39 is 16.9 Å². The van der Waals surface area contributed by atoms with Gasteiger partial charge in [0, 0.05) is 12.1 Å². The summed E-state index contributed by atoms with van der Waals surface area (Å²) in [7, 11) is 0. The van der Waals surface area contributed by atoms with Gasteiger partial charge in [-0.15, -0.1) is 0 Å². The number of nitrogens with two attached hydrogens (primary N) is 1. The van der Waals surface area contributed by atoms with Crippen LogP contribution in [0.4, 0.5) is 11.4 Å². The van der Waals surface area contributed by atoms with Gasteiger partial charge in [0.25, 0.3) is 5.69 Å². The molecule has 1 aromatic carbocycles. The predicted molar refractivity (Wildman–Crippen MR) is 62.8 cm³/mol. The van der Waals surface area contributed by atoms with Crippen LogP contribution in [0.2, 0.25) is 0 Å². The number of hydroxylamine groups is 1. The maximum absolute atomic E-state index is 11.8. The first-order valence-corrected chi connectivity index (χ1v) is 5.13. The number of amides is 1. The second-order valence-corrected chi connectivity index (χ2v) is 3.78. The van der Waals surface area contributed by atoms with Gasteiger partial charge < -0.3 is 10.7 Å². The standard InChI is InChI=1S/C10H10N4O4/c1-6-9(12-16)10(15)13(11-6)7-2-4-8(5-3-7)14(17)18/h2-5,9H,12H2,1H3. The Bertz CT molecular complexity index is 525. The highest BCUT2D eigenvalue weighted by Crippen LogP contribution is 2.22. The molecular formula is C10H10N4O4. The van der Waals surface area contributed by atoms with Gasteiger partial charge in [-0.3, -0.25) is 14.9 Å². The molecular weight excluding hydrogens is 240 g/mol. The highest BCUT2D eigenvalue weighted by atomic mass is 16.6. The summed E-state index contributed by atoms with van der Waals surface area (Å²) in [5, 5.41) is 26.3. The van der Waals surface area contributed by atoms with Gasteiger partial charge in [0.1, 0.15) is 5.71 Å². The normalized spacial score (nSPS) is 19.0. The Morgan fingerprint density at radius 2 is 2.00 bits per heavy atom. The number of hydrazone groups is 1. The second kappa shape index (κ2) is 4.51. The molecule has 1 unspecified atom stereocenters. The van der Waals surface area contributed by atoms with Crippen LogP contribution in [0.25, 0.3) is 0 Å². The summed E-state index contributed by atoms with van der Waals surface area (Å²) >= 11 is 0. The molecule has 0 radical (unpaired) electrons. The number of carbonyl (C=O) groups is 1. The van der Waals surface area contributed by atoms with Crippen molar-refractivity contribution in [3.05, 3.63) is 39.6 Å². The van der Waals surface area contributed by atoms with Crippen LogP contribution >= 0.6 is 0 Å². The summed E-state index contributed by atoms with van der Waals surface area (Å²) in [5.74, 6) is -0.448. The van der Waals surface area contributed by atoms with E-state index in [0.29, 0.717) is 16.9 Å². The molecule has 1 amide bonds. The fourth-order valence-electron chi connectivity index (χ4n) is 1.64. The minimum absolute atomic E-state index is 0.0713. The fourth-order valence-corrected chi connectivity index (χ4v) is 1.64. The van der Waals surface area contributed by atoms with E-state index in [9.17, 15) is 20.1 Å². The number of non-ortho nitro benzene ring substituents is 1. The van der Waals surface area contributed by atoms with E-state index in [1.165, 1.54) is 24.3 Å². The van der Waals surface area contributed by atoms with Crippen molar-refractivity contribution < 1.29 is 15.2 Å². The summed E-state index contributed by atoms with van der Waals surface area (Å²) < 4.78 is 0. The van der Waals surface area contributed by atoms with E-state index in [4.69, 9.17) is 0 Å². The number of rotatable bonds is 3. The molecule has 1 atom stereocenters. The number of benzene rings is 1. The average molecular weight is 250 g/mol. The Morgan fingerprint density at radius 3 is 2.44 bits per heavy atom. The molecule has 2 rings (SSSR count). The minimum Gasteiger partial charge on any atom is -0.635 e. The topological polar surface area (TPSA) is 115 Å². The van der Waals surface area contributed by atoms with Gasteiger partial charge >= 0.3 is 5.91 Å². The van der Waals surface area contributed by atoms with Crippen molar-refractivity contribution in [2.75, 3.05) is 5.01 Å². The lowest BCUT2D eigenvalue weighted by Crippen LogP contribution is -2.88. The first kappa shape index (κ1) is 12.1. The maximum Gasteiger partial charge on any atom is 0.312 e. The number of quaternary nitrogens is 1.